The molecule has 0 heterocycles. The average molecular weight is 418 g/mol. The van der Waals surface area contributed by atoms with Crippen molar-refractivity contribution in [2.24, 2.45) is 0 Å². The first kappa shape index (κ1) is 24.5. The predicted octanol–water partition coefficient (Wildman–Crippen LogP) is 2.70. The fraction of sp³-hybridized carbons (Fsp3) is 0.533. The highest BCUT2D eigenvalue weighted by molar-refractivity contribution is 7.95. The smallest absolute Gasteiger partial charge is 0.485 e. The summed E-state index contributed by atoms with van der Waals surface area (Å²) in [4.78, 5) is 12.7. The van der Waals surface area contributed by atoms with E-state index in [1.807, 2.05) is 45.0 Å². The highest BCUT2D eigenvalue weighted by Crippen LogP contribution is 2.20. The van der Waals surface area contributed by atoms with E-state index in [1.165, 1.54) is 4.90 Å². The lowest BCUT2D eigenvalue weighted by Crippen LogP contribution is -2.27. The Bertz CT molecular complexity index is 677. The van der Waals surface area contributed by atoms with Crippen LogP contribution in [0, 0.1) is 0 Å². The van der Waals surface area contributed by atoms with Crippen LogP contribution in [0.2, 0.25) is 0 Å². The zero-order valence-corrected chi connectivity index (χ0v) is 16.5. The van der Waals surface area contributed by atoms with Gasteiger partial charge in [0.25, 0.3) is 0 Å². The molecule has 6 nitrogen and oxygen atoms in total. The second-order valence-electron chi connectivity index (χ2n) is 6.06. The van der Waals surface area contributed by atoms with Crippen molar-refractivity contribution in [3.05, 3.63) is 24.3 Å². The predicted molar refractivity (Wildman–Crippen MR) is 91.0 cm³/mol. The highest BCUT2D eigenvalue weighted by atomic mass is 32.2. The molecule has 0 aromatic heterocycles. The molecular weight excluding hydrogens is 397 g/mol. The van der Waals surface area contributed by atoms with Crippen molar-refractivity contribution in [1.29, 1.82) is 0 Å². The van der Waals surface area contributed by atoms with Gasteiger partial charge in [-0.3, -0.25) is 0 Å². The van der Waals surface area contributed by atoms with Crippen LogP contribution < -0.4 is 4.74 Å². The van der Waals surface area contributed by atoms with Gasteiger partial charge < -0.3 is 14.0 Å². The number of ether oxygens (including phenoxy) is 2. The second-order valence-corrected chi connectivity index (χ2v) is 9.54. The molecule has 0 spiro atoms. The minimum atomic E-state index is -6.09. The molecule has 1 aromatic carbocycles. The molecule has 0 saturated carbocycles. The summed E-state index contributed by atoms with van der Waals surface area (Å²) in [5.74, 6) is 0.340. The van der Waals surface area contributed by atoms with Gasteiger partial charge in [0.2, 0.25) is 0 Å². The summed E-state index contributed by atoms with van der Waals surface area (Å²) in [5, 5.41) is 0. The molecule has 1 aromatic rings. The van der Waals surface area contributed by atoms with E-state index < -0.39 is 21.2 Å². The number of alkyl halides is 3. The first-order chi connectivity index (χ1) is 11.5. The number of carbonyl (C=O) groups is 1. The van der Waals surface area contributed by atoms with Gasteiger partial charge in [0.05, 0.1) is 0 Å². The molecule has 1 rings (SSSR count). The topological polar surface area (TPSA) is 92.7 Å². The second kappa shape index (κ2) is 9.47. The van der Waals surface area contributed by atoms with Gasteiger partial charge in [-0.2, -0.15) is 13.2 Å². The van der Waals surface area contributed by atoms with Gasteiger partial charge in [-0.1, -0.05) is 0 Å². The zero-order chi connectivity index (χ0) is 20.8. The van der Waals surface area contributed by atoms with Crippen molar-refractivity contribution >= 4 is 27.0 Å². The molecule has 0 fully saturated rings. The molecule has 0 radical (unpaired) electrons. The molecule has 0 atom stereocenters. The van der Waals surface area contributed by atoms with Crippen LogP contribution in [0.25, 0.3) is 0 Å². The fourth-order valence-corrected chi connectivity index (χ4v) is 2.00. The van der Waals surface area contributed by atoms with Crippen molar-refractivity contribution < 1.29 is 40.4 Å². The molecule has 0 saturated heterocycles. The van der Waals surface area contributed by atoms with Crippen molar-refractivity contribution in [2.75, 3.05) is 19.1 Å². The molecule has 0 unspecified atom stereocenters. The number of benzene rings is 1. The minimum Gasteiger partial charge on any atom is -0.741 e. The molecule has 0 amide bonds. The van der Waals surface area contributed by atoms with Gasteiger partial charge in [-0.05, 0) is 45.0 Å². The van der Waals surface area contributed by atoms with E-state index in [0.29, 0.717) is 5.75 Å². The van der Waals surface area contributed by atoms with Gasteiger partial charge in [0.1, 0.15) is 23.9 Å². The van der Waals surface area contributed by atoms with Crippen molar-refractivity contribution in [3.8, 4) is 5.75 Å². The summed E-state index contributed by atoms with van der Waals surface area (Å²) in [7, 11) is -5.85. The summed E-state index contributed by atoms with van der Waals surface area (Å²) < 4.78 is 69.4. The van der Waals surface area contributed by atoms with Crippen LogP contribution >= 0.6 is 0 Å². The number of carbonyl (C=O) groups excluding carboxylic acids is 1. The van der Waals surface area contributed by atoms with Gasteiger partial charge >= 0.3 is 11.5 Å². The van der Waals surface area contributed by atoms with Crippen molar-refractivity contribution in [2.45, 2.75) is 36.8 Å². The molecular formula is C15H21F3O6S2. The standard InChI is InChI=1S/C14H21O3S.CHF3O3S/c1-14(2,3)17-13(15)10-16-11-6-8-12(9-7-11)18(4)5;2-1(3,4)8(5,6)7/h6-9H,10H2,1-5H3;(H,5,6,7)/q+1;/p-1. The molecule has 0 aliphatic rings. The Morgan fingerprint density at radius 1 is 1.12 bits per heavy atom. The number of halogens is 3. The summed E-state index contributed by atoms with van der Waals surface area (Å²) in [5.41, 5.74) is -6.12. The normalized spacial score (nSPS) is 12.2. The van der Waals surface area contributed by atoms with Crippen LogP contribution in [0.5, 0.6) is 5.75 Å². The van der Waals surface area contributed by atoms with E-state index >= 15 is 0 Å². The Balaban J connectivity index is 0.000000660. The molecule has 11 heteroatoms. The van der Waals surface area contributed by atoms with Crippen LogP contribution in [-0.4, -0.2) is 49.2 Å². The van der Waals surface area contributed by atoms with Gasteiger partial charge in [-0.25, -0.2) is 13.2 Å². The van der Waals surface area contributed by atoms with Gasteiger partial charge in [0, 0.05) is 10.9 Å². The van der Waals surface area contributed by atoms with Gasteiger partial charge in [0.15, 0.2) is 21.6 Å². The zero-order valence-electron chi connectivity index (χ0n) is 14.9. The highest BCUT2D eigenvalue weighted by Gasteiger charge is 2.36. The molecule has 0 bridgehead atoms. The maximum Gasteiger partial charge on any atom is 0.485 e. The van der Waals surface area contributed by atoms with Crippen molar-refractivity contribution in [3.63, 3.8) is 0 Å². The van der Waals surface area contributed by atoms with E-state index in [9.17, 15) is 18.0 Å². The Labute approximate surface area is 153 Å². The molecule has 0 N–H and O–H groups in total. The van der Waals surface area contributed by atoms with Crippen molar-refractivity contribution in [1.82, 2.24) is 0 Å². The summed E-state index contributed by atoms with van der Waals surface area (Å²) >= 11 is 0. The summed E-state index contributed by atoms with van der Waals surface area (Å²) in [6.45, 7) is 5.45. The largest absolute Gasteiger partial charge is 0.741 e. The lowest BCUT2D eigenvalue weighted by Gasteiger charge is -2.19. The molecule has 150 valence electrons. The van der Waals surface area contributed by atoms with E-state index in [0.717, 1.165) is 0 Å². The SMILES string of the molecule is C[S+](C)c1ccc(OCC(=O)OC(C)(C)C)cc1.O=S(=O)([O-])C(F)(F)F. The minimum absolute atomic E-state index is 0.0550. The third kappa shape index (κ3) is 10.5. The average Bonchev–Trinajstić information content (AvgIpc) is 2.42. The molecule has 0 aliphatic carbocycles. The maximum atomic E-state index is 11.5. The number of esters is 1. The third-order valence-corrected chi connectivity index (χ3v) is 4.14. The monoisotopic (exact) mass is 418 g/mol. The number of rotatable bonds is 4. The summed E-state index contributed by atoms with van der Waals surface area (Å²) in [6.07, 6.45) is 4.33. The molecule has 26 heavy (non-hydrogen) atoms. The van der Waals surface area contributed by atoms with E-state index in [1.54, 1.807) is 0 Å². The van der Waals surface area contributed by atoms with Crippen LogP contribution in [0.4, 0.5) is 13.2 Å². The van der Waals surface area contributed by atoms with Crippen LogP contribution in [0.15, 0.2) is 29.2 Å². The van der Waals surface area contributed by atoms with Crippen LogP contribution in [0.1, 0.15) is 20.8 Å². The molecule has 0 aliphatic heterocycles. The Kier molecular flexibility index (Phi) is 8.94. The number of hydrogen-bond donors (Lipinski definition) is 0. The van der Waals surface area contributed by atoms with E-state index in [4.69, 9.17) is 22.4 Å². The Morgan fingerprint density at radius 3 is 1.85 bits per heavy atom. The first-order valence-electron chi connectivity index (χ1n) is 7.07. The van der Waals surface area contributed by atoms with Crippen LogP contribution in [-0.2, 0) is 30.5 Å². The van der Waals surface area contributed by atoms with Gasteiger partial charge in [-0.15, -0.1) is 0 Å². The Hall–Kier alpha value is -1.46. The first-order valence-corrected chi connectivity index (χ1v) is 10.5. The fourth-order valence-electron chi connectivity index (χ4n) is 1.32. The maximum absolute atomic E-state index is 11.5. The quantitative estimate of drug-likeness (QED) is 0.323. The van der Waals surface area contributed by atoms with E-state index in [2.05, 4.69) is 12.5 Å². The van der Waals surface area contributed by atoms with E-state index in [-0.39, 0.29) is 23.5 Å². The lowest BCUT2D eigenvalue weighted by molar-refractivity contribution is -0.157. The Morgan fingerprint density at radius 2 is 1.54 bits per heavy atom. The number of hydrogen-bond acceptors (Lipinski definition) is 6. The third-order valence-electron chi connectivity index (χ3n) is 2.36. The van der Waals surface area contributed by atoms with Crippen LogP contribution in [0.3, 0.4) is 0 Å². The summed E-state index contributed by atoms with van der Waals surface area (Å²) in [6, 6.07) is 7.81. The lowest BCUT2D eigenvalue weighted by atomic mass is 10.2.